The van der Waals surface area contributed by atoms with Gasteiger partial charge in [0.05, 0.1) is 0 Å². The topological polar surface area (TPSA) is 20.2 Å². The molecule has 0 aliphatic carbocycles. The fraction of sp³-hybridized carbons (Fsp3) is 0. The van der Waals surface area contributed by atoms with Crippen molar-refractivity contribution in [2.45, 2.75) is 0 Å². The molecule has 4 aromatic rings. The quantitative estimate of drug-likeness (QED) is 0.480. The maximum absolute atomic E-state index is 13.9. The molecule has 0 amide bonds. The van der Waals surface area contributed by atoms with Gasteiger partial charge in [0.1, 0.15) is 11.6 Å². The third-order valence-corrected chi connectivity index (χ3v) is 4.22. The Morgan fingerprint density at radius 3 is 1.92 bits per heavy atom. The maximum atomic E-state index is 13.9. The van der Waals surface area contributed by atoms with Gasteiger partial charge in [-0.25, -0.2) is 4.39 Å². The summed E-state index contributed by atoms with van der Waals surface area (Å²) >= 11 is 0. The van der Waals surface area contributed by atoms with Crippen molar-refractivity contribution < 1.29 is 9.50 Å². The fourth-order valence-electron chi connectivity index (χ4n) is 3.14. The van der Waals surface area contributed by atoms with E-state index >= 15 is 0 Å². The van der Waals surface area contributed by atoms with Crippen LogP contribution in [-0.4, -0.2) is 5.11 Å². The largest absolute Gasteiger partial charge is 0.507 e. The third-order valence-electron chi connectivity index (χ3n) is 4.22. The predicted molar refractivity (Wildman–Crippen MR) is 96.4 cm³/mol. The van der Waals surface area contributed by atoms with Gasteiger partial charge in [-0.05, 0) is 51.9 Å². The highest BCUT2D eigenvalue weighted by Crippen LogP contribution is 2.42. The standard InChI is InChI=1S/C22H15FO/c23-17-11-12-18-20(13-17)22(16-9-5-2-6-10-16)19(14-21(18)24)15-7-3-1-4-8-15/h1-14,24H. The Bertz CT molecular complexity index is 1010. The number of benzene rings is 4. The van der Waals surface area contributed by atoms with E-state index in [1.807, 2.05) is 60.7 Å². The number of phenols is 1. The van der Waals surface area contributed by atoms with Gasteiger partial charge in [0.2, 0.25) is 0 Å². The van der Waals surface area contributed by atoms with Crippen LogP contribution in [-0.2, 0) is 0 Å². The molecule has 24 heavy (non-hydrogen) atoms. The number of halogens is 1. The first-order valence-corrected chi connectivity index (χ1v) is 7.80. The monoisotopic (exact) mass is 314 g/mol. The second-order valence-corrected chi connectivity index (χ2v) is 5.74. The Hall–Kier alpha value is -3.13. The molecule has 4 rings (SSSR count). The summed E-state index contributed by atoms with van der Waals surface area (Å²) in [6, 6.07) is 26.0. The van der Waals surface area contributed by atoms with E-state index in [0.717, 1.165) is 22.3 Å². The molecule has 0 radical (unpaired) electrons. The molecule has 0 atom stereocenters. The van der Waals surface area contributed by atoms with E-state index in [9.17, 15) is 9.50 Å². The van der Waals surface area contributed by atoms with Crippen LogP contribution in [0.4, 0.5) is 4.39 Å². The van der Waals surface area contributed by atoms with Crippen LogP contribution in [0.3, 0.4) is 0 Å². The van der Waals surface area contributed by atoms with E-state index < -0.39 is 0 Å². The second-order valence-electron chi connectivity index (χ2n) is 5.74. The molecule has 0 fully saturated rings. The molecule has 0 spiro atoms. The van der Waals surface area contributed by atoms with Crippen molar-refractivity contribution in [3.05, 3.63) is 90.7 Å². The predicted octanol–water partition coefficient (Wildman–Crippen LogP) is 6.02. The fourth-order valence-corrected chi connectivity index (χ4v) is 3.14. The summed E-state index contributed by atoms with van der Waals surface area (Å²) in [5.41, 5.74) is 3.79. The average Bonchev–Trinajstić information content (AvgIpc) is 2.63. The van der Waals surface area contributed by atoms with Crippen LogP contribution in [0.5, 0.6) is 5.75 Å². The maximum Gasteiger partial charge on any atom is 0.124 e. The zero-order valence-corrected chi connectivity index (χ0v) is 12.9. The molecular weight excluding hydrogens is 299 g/mol. The first kappa shape index (κ1) is 14.5. The minimum absolute atomic E-state index is 0.156. The van der Waals surface area contributed by atoms with Crippen LogP contribution < -0.4 is 0 Å². The van der Waals surface area contributed by atoms with Crippen LogP contribution in [0.2, 0.25) is 0 Å². The Balaban J connectivity index is 2.16. The molecule has 1 N–H and O–H groups in total. The smallest absolute Gasteiger partial charge is 0.124 e. The van der Waals surface area contributed by atoms with Crippen molar-refractivity contribution in [3.63, 3.8) is 0 Å². The Morgan fingerprint density at radius 2 is 1.25 bits per heavy atom. The summed E-state index contributed by atoms with van der Waals surface area (Å²) in [6.07, 6.45) is 0. The summed E-state index contributed by atoms with van der Waals surface area (Å²) < 4.78 is 13.9. The number of hydrogen-bond donors (Lipinski definition) is 1. The van der Waals surface area contributed by atoms with Gasteiger partial charge in [-0.15, -0.1) is 0 Å². The zero-order valence-electron chi connectivity index (χ0n) is 12.9. The van der Waals surface area contributed by atoms with Crippen molar-refractivity contribution in [2.75, 3.05) is 0 Å². The molecule has 2 heteroatoms. The Morgan fingerprint density at radius 1 is 0.625 bits per heavy atom. The van der Waals surface area contributed by atoms with Gasteiger partial charge in [-0.1, -0.05) is 60.7 Å². The summed E-state index contributed by atoms with van der Waals surface area (Å²) in [5, 5.41) is 11.8. The first-order chi connectivity index (χ1) is 11.7. The van der Waals surface area contributed by atoms with Gasteiger partial charge in [-0.3, -0.25) is 0 Å². The van der Waals surface area contributed by atoms with Crippen LogP contribution in [0.1, 0.15) is 0 Å². The molecule has 0 saturated carbocycles. The molecule has 4 aromatic carbocycles. The van der Waals surface area contributed by atoms with Crippen molar-refractivity contribution in [1.29, 1.82) is 0 Å². The van der Waals surface area contributed by atoms with Crippen LogP contribution in [0.25, 0.3) is 33.0 Å². The van der Waals surface area contributed by atoms with E-state index in [1.165, 1.54) is 12.1 Å². The zero-order chi connectivity index (χ0) is 16.5. The minimum atomic E-state index is -0.315. The summed E-state index contributed by atoms with van der Waals surface area (Å²) in [7, 11) is 0. The molecule has 0 aromatic heterocycles. The molecule has 0 heterocycles. The lowest BCUT2D eigenvalue weighted by atomic mass is 9.89. The lowest BCUT2D eigenvalue weighted by Crippen LogP contribution is -1.89. The van der Waals surface area contributed by atoms with E-state index in [2.05, 4.69) is 0 Å². The second kappa shape index (κ2) is 5.82. The Labute approximate surface area is 139 Å². The molecule has 1 nitrogen and oxygen atoms in total. The van der Waals surface area contributed by atoms with E-state index in [-0.39, 0.29) is 11.6 Å². The van der Waals surface area contributed by atoms with E-state index in [0.29, 0.717) is 10.8 Å². The normalized spacial score (nSPS) is 10.9. The number of phenolic OH excluding ortho intramolecular Hbond substituents is 1. The molecule has 0 saturated heterocycles. The number of fused-ring (bicyclic) bond motifs is 1. The summed E-state index contributed by atoms with van der Waals surface area (Å²) in [6.45, 7) is 0. The van der Waals surface area contributed by atoms with Crippen molar-refractivity contribution in [2.24, 2.45) is 0 Å². The highest BCUT2D eigenvalue weighted by molar-refractivity contribution is 6.06. The first-order valence-electron chi connectivity index (χ1n) is 7.80. The van der Waals surface area contributed by atoms with Gasteiger partial charge >= 0.3 is 0 Å². The molecule has 0 aliphatic rings. The van der Waals surface area contributed by atoms with Gasteiger partial charge in [0.25, 0.3) is 0 Å². The molecular formula is C22H15FO. The molecule has 0 aliphatic heterocycles. The number of aromatic hydroxyl groups is 1. The molecule has 0 unspecified atom stereocenters. The summed E-state index contributed by atoms with van der Waals surface area (Å²) in [4.78, 5) is 0. The minimum Gasteiger partial charge on any atom is -0.507 e. The lowest BCUT2D eigenvalue weighted by molar-refractivity contribution is 0.482. The van der Waals surface area contributed by atoms with Crippen LogP contribution >= 0.6 is 0 Å². The van der Waals surface area contributed by atoms with Crippen molar-refractivity contribution in [3.8, 4) is 28.0 Å². The van der Waals surface area contributed by atoms with Gasteiger partial charge in [0.15, 0.2) is 0 Å². The highest BCUT2D eigenvalue weighted by Gasteiger charge is 2.15. The van der Waals surface area contributed by atoms with Gasteiger partial charge in [0, 0.05) is 5.39 Å². The lowest BCUT2D eigenvalue weighted by Gasteiger charge is -2.15. The average molecular weight is 314 g/mol. The third kappa shape index (κ3) is 2.42. The van der Waals surface area contributed by atoms with Gasteiger partial charge < -0.3 is 5.11 Å². The van der Waals surface area contributed by atoms with Gasteiger partial charge in [-0.2, -0.15) is 0 Å². The Kier molecular flexibility index (Phi) is 3.51. The van der Waals surface area contributed by atoms with Crippen LogP contribution in [0, 0.1) is 5.82 Å². The molecule has 0 bridgehead atoms. The van der Waals surface area contributed by atoms with Crippen molar-refractivity contribution >= 4 is 10.8 Å². The van der Waals surface area contributed by atoms with E-state index in [1.54, 1.807) is 12.1 Å². The summed E-state index contributed by atoms with van der Waals surface area (Å²) in [5.74, 6) is -0.159. The number of hydrogen-bond acceptors (Lipinski definition) is 1. The highest BCUT2D eigenvalue weighted by atomic mass is 19.1. The number of rotatable bonds is 2. The van der Waals surface area contributed by atoms with Crippen molar-refractivity contribution in [1.82, 2.24) is 0 Å². The van der Waals surface area contributed by atoms with Crippen LogP contribution in [0.15, 0.2) is 84.9 Å². The van der Waals surface area contributed by atoms with E-state index in [4.69, 9.17) is 0 Å². The SMILES string of the molecule is Oc1cc(-c2ccccc2)c(-c2ccccc2)c2cc(F)ccc12. The molecule has 116 valence electrons.